The molecule has 0 spiro atoms. The topological polar surface area (TPSA) is 33.6 Å². The summed E-state index contributed by atoms with van der Waals surface area (Å²) in [4.78, 5) is 0. The minimum atomic E-state index is -5.67. The van der Waals surface area contributed by atoms with E-state index in [0.717, 1.165) is 76.7 Å². The van der Waals surface area contributed by atoms with Crippen molar-refractivity contribution in [3.05, 3.63) is 248 Å². The molecular weight excluding hydrogens is 1480 g/mol. The number of nitriles is 1. The minimum Gasteiger partial charge on any atom is -0.311 e. The van der Waals surface area contributed by atoms with Crippen molar-refractivity contribution in [3.63, 3.8) is 0 Å². The Morgan fingerprint density at radius 1 is 0.324 bits per heavy atom. The molecule has 0 aliphatic carbocycles. The van der Waals surface area contributed by atoms with Crippen LogP contribution in [-0.4, -0.2) is 9.13 Å². The van der Waals surface area contributed by atoms with Crippen LogP contribution in [0.15, 0.2) is 170 Å². The Kier molecular flexibility index (Phi) is 18.1. The largest absolute Gasteiger partial charge is 0.417 e. The van der Waals surface area contributed by atoms with Crippen molar-refractivity contribution >= 4 is 44.4 Å². The normalized spacial score (nSPS) is 13.6. The van der Waals surface area contributed by atoms with Crippen molar-refractivity contribution in [1.29, 1.82) is 5.26 Å². The highest BCUT2D eigenvalue weighted by Gasteiger charge is 2.44. The maximum atomic E-state index is 15.0. The second kappa shape index (κ2) is 25.2. The molecule has 0 radical (unpaired) electrons. The zero-order valence-electron chi connectivity index (χ0n) is 51.6. The molecule has 0 aliphatic rings. The Morgan fingerprint density at radius 2 is 0.657 bits per heavy atom. The molecule has 0 atom stereocenters. The molecule has 2 aromatic heterocycles. The molecular formula is C72H33F30N3. The van der Waals surface area contributed by atoms with E-state index >= 15 is 52.7 Å². The van der Waals surface area contributed by atoms with Crippen LogP contribution in [0, 0.1) is 18.3 Å². The van der Waals surface area contributed by atoms with Gasteiger partial charge in [0.2, 0.25) is 0 Å². The highest BCUT2D eigenvalue weighted by Crippen LogP contribution is 2.51. The number of benzene rings is 9. The van der Waals surface area contributed by atoms with E-state index < -0.39 is 234 Å². The maximum absolute atomic E-state index is 15.0. The third-order valence-electron chi connectivity index (χ3n) is 17.0. The zero-order valence-corrected chi connectivity index (χ0v) is 51.6. The Bertz CT molecular complexity index is 5260. The molecule has 0 bridgehead atoms. The fourth-order valence-corrected chi connectivity index (χ4v) is 12.3. The van der Waals surface area contributed by atoms with Crippen LogP contribution in [0.1, 0.15) is 78.0 Å². The Hall–Kier alpha value is -10.8. The SMILES string of the molecule is C=C/C(=C\c1c(C)n(-c2cc(C#N)c(-c3cc(C(F)(F)F)cc(C(F)(F)F)c3)cc2-n2c3ccc(-c4ccc(C(F)(F)F)cc4C(F)(F)F)cc3c3cc(-c4ccc(C(F)(F)F)cc4C(F)(F)F)ccc32)c2ccc(-c3ccc(C(F)(F)F)cc3C(F)(F)F)cc12)c1ccc(C(F)(F)F)cc1C(F)(F)F. The van der Waals surface area contributed by atoms with E-state index in [4.69, 9.17) is 0 Å². The number of nitrogens with zero attached hydrogens (tertiary/aromatic N) is 3. The summed E-state index contributed by atoms with van der Waals surface area (Å²) in [7, 11) is 0. The van der Waals surface area contributed by atoms with Crippen molar-refractivity contribution in [2.45, 2.75) is 68.7 Å². The summed E-state index contributed by atoms with van der Waals surface area (Å²) < 4.78 is 439. The maximum Gasteiger partial charge on any atom is 0.417 e. The molecule has 0 saturated heterocycles. The zero-order chi connectivity index (χ0) is 77.6. The third-order valence-corrected chi connectivity index (χ3v) is 17.0. The fraction of sp³-hybridized carbons (Fsp3) is 0.153. The monoisotopic (exact) mass is 1510 g/mol. The summed E-state index contributed by atoms with van der Waals surface area (Å²) in [5, 5.41) is 9.51. The Morgan fingerprint density at radius 3 is 1.00 bits per heavy atom. The highest BCUT2D eigenvalue weighted by molar-refractivity contribution is 6.12. The van der Waals surface area contributed by atoms with Crippen LogP contribution in [0.25, 0.3) is 100 Å². The third kappa shape index (κ3) is 14.4. The molecule has 0 saturated carbocycles. The van der Waals surface area contributed by atoms with Gasteiger partial charge in [0.15, 0.2) is 0 Å². The molecule has 33 heteroatoms. The molecule has 11 rings (SSSR count). The fourth-order valence-electron chi connectivity index (χ4n) is 12.3. The van der Waals surface area contributed by atoms with Gasteiger partial charge < -0.3 is 9.13 Å². The lowest BCUT2D eigenvalue weighted by molar-refractivity contribution is -0.144. The van der Waals surface area contributed by atoms with Gasteiger partial charge in [-0.2, -0.15) is 137 Å². The van der Waals surface area contributed by atoms with Crippen molar-refractivity contribution in [3.8, 4) is 62.0 Å². The van der Waals surface area contributed by atoms with Gasteiger partial charge in [-0.15, -0.1) is 0 Å². The average molecular weight is 1510 g/mol. The molecule has 0 fully saturated rings. The van der Waals surface area contributed by atoms with Crippen LogP contribution in [0.5, 0.6) is 0 Å². The van der Waals surface area contributed by atoms with Gasteiger partial charge in [0.25, 0.3) is 0 Å². The first-order chi connectivity index (χ1) is 48.2. The van der Waals surface area contributed by atoms with E-state index in [2.05, 4.69) is 6.58 Å². The predicted molar refractivity (Wildman–Crippen MR) is 323 cm³/mol. The lowest BCUT2D eigenvalue weighted by Gasteiger charge is -2.21. The van der Waals surface area contributed by atoms with Crippen LogP contribution in [0.2, 0.25) is 0 Å². The van der Waals surface area contributed by atoms with Crippen molar-refractivity contribution in [2.75, 3.05) is 0 Å². The number of halogens is 30. The van der Waals surface area contributed by atoms with Crippen molar-refractivity contribution < 1.29 is 132 Å². The van der Waals surface area contributed by atoms with Gasteiger partial charge >= 0.3 is 61.8 Å². The minimum absolute atomic E-state index is 0.119. The number of fused-ring (bicyclic) bond motifs is 4. The summed E-state index contributed by atoms with van der Waals surface area (Å²) in [6.45, 7) is 4.54. The molecule has 0 amide bonds. The smallest absolute Gasteiger partial charge is 0.311 e. The van der Waals surface area contributed by atoms with Crippen LogP contribution >= 0.6 is 0 Å². The Labute approximate surface area is 568 Å². The van der Waals surface area contributed by atoms with Crippen molar-refractivity contribution in [2.24, 2.45) is 0 Å². The first-order valence-electron chi connectivity index (χ1n) is 29.3. The van der Waals surface area contributed by atoms with E-state index in [1.54, 1.807) is 6.07 Å². The molecule has 0 aliphatic heterocycles. The number of alkyl halides is 30. The molecule has 11 aromatic rings. The van der Waals surface area contributed by atoms with Gasteiger partial charge in [-0.3, -0.25) is 0 Å². The molecule has 2 heterocycles. The molecule has 3 nitrogen and oxygen atoms in total. The summed E-state index contributed by atoms with van der Waals surface area (Å²) in [6.07, 6.45) is -54.2. The summed E-state index contributed by atoms with van der Waals surface area (Å²) in [5.74, 6) is 0. The number of hydrogen-bond acceptors (Lipinski definition) is 1. The predicted octanol–water partition coefficient (Wildman–Crippen LogP) is 26.5. The number of rotatable bonds is 9. The van der Waals surface area contributed by atoms with Gasteiger partial charge in [0.1, 0.15) is 0 Å². The molecule has 0 N–H and O–H groups in total. The number of aromatic nitrogens is 2. The van der Waals surface area contributed by atoms with Gasteiger partial charge in [-0.1, -0.05) is 55.1 Å². The van der Waals surface area contributed by atoms with Crippen LogP contribution in [0.4, 0.5) is 132 Å². The molecule has 105 heavy (non-hydrogen) atoms. The van der Waals surface area contributed by atoms with E-state index in [0.29, 0.717) is 42.5 Å². The first kappa shape index (κ1) is 75.4. The van der Waals surface area contributed by atoms with Crippen LogP contribution < -0.4 is 0 Å². The van der Waals surface area contributed by atoms with E-state index in [1.807, 2.05) is 0 Å². The van der Waals surface area contributed by atoms with Gasteiger partial charge in [-0.25, -0.2) is 0 Å². The number of hydrogen-bond donors (Lipinski definition) is 0. The van der Waals surface area contributed by atoms with Crippen LogP contribution in [0.3, 0.4) is 0 Å². The molecule has 0 unspecified atom stereocenters. The van der Waals surface area contributed by atoms with Gasteiger partial charge in [0.05, 0.1) is 95.2 Å². The summed E-state index contributed by atoms with van der Waals surface area (Å²) in [5.41, 5.74) is -33.1. The average Bonchev–Trinajstić information content (AvgIpc) is 1.55. The lowest BCUT2D eigenvalue weighted by atomic mass is 9.93. The van der Waals surface area contributed by atoms with Gasteiger partial charge in [-0.05, 0) is 178 Å². The van der Waals surface area contributed by atoms with Crippen molar-refractivity contribution in [1.82, 2.24) is 9.13 Å². The van der Waals surface area contributed by atoms with Crippen LogP contribution in [-0.2, 0) is 61.8 Å². The quantitative estimate of drug-likeness (QED) is 0.105. The second-order valence-corrected chi connectivity index (χ2v) is 23.5. The first-order valence-corrected chi connectivity index (χ1v) is 29.3. The van der Waals surface area contributed by atoms with E-state index in [-0.39, 0.29) is 66.7 Å². The van der Waals surface area contributed by atoms with E-state index in [9.17, 15) is 84.3 Å². The lowest BCUT2D eigenvalue weighted by Crippen LogP contribution is -2.13. The summed E-state index contributed by atoms with van der Waals surface area (Å²) in [6, 6.07) is 11.5. The molecule has 9 aromatic carbocycles. The highest BCUT2D eigenvalue weighted by atomic mass is 19.4. The summed E-state index contributed by atoms with van der Waals surface area (Å²) >= 11 is 0. The van der Waals surface area contributed by atoms with Gasteiger partial charge in [0, 0.05) is 33.0 Å². The van der Waals surface area contributed by atoms with E-state index in [1.165, 1.54) is 0 Å². The Balaban J connectivity index is 1.34. The standard InChI is InChI=1S/C72H33F30N3/c1-3-33(45-11-7-39(63(73,74)75)26-54(45)69(91,92)93)20-49-32(2)104(58-15-4-34(21-51(49)58)46-12-8-40(64(76,77)78)27-55(46)70(94,95)96)61-24-38(31-103)50(37-18-43(67(85,86)87)25-44(19-37)68(88,89)90)30-62(61)105-59-16-5-35(47-13-9-41(65(79,80)81)28-56(47)71(97,98)99)22-52(59)53-23-36(6-17-60(53)105)48-14-10-42(66(82,83)84)29-57(48)72(100,101)102/h3-30H,1H2,2H3/b33-20+. The molecule has 546 valence electrons. The number of allylic oxidation sites excluding steroid dienone is 2. The second-order valence-electron chi connectivity index (χ2n) is 23.5.